The van der Waals surface area contributed by atoms with Gasteiger partial charge in [0.05, 0.1) is 6.61 Å². The second-order valence-corrected chi connectivity index (χ2v) is 3.84. The lowest BCUT2D eigenvalue weighted by molar-refractivity contribution is -0.172. The molecule has 0 aromatic carbocycles. The Kier molecular flexibility index (Phi) is 3.61. The Hall–Kier alpha value is -1.30. The van der Waals surface area contributed by atoms with Crippen molar-refractivity contribution in [2.24, 2.45) is 5.92 Å². The van der Waals surface area contributed by atoms with E-state index >= 15 is 0 Å². The number of carbonyl (C=O) groups excluding carboxylic acids is 2. The molecular weight excluding hydrogens is 216 g/mol. The van der Waals surface area contributed by atoms with Gasteiger partial charge in [0.15, 0.2) is 6.10 Å². The van der Waals surface area contributed by atoms with Crippen LogP contribution in [0.3, 0.4) is 0 Å². The van der Waals surface area contributed by atoms with Crippen molar-refractivity contribution in [2.45, 2.75) is 18.9 Å². The molecule has 1 unspecified atom stereocenters. The number of carbonyl (C=O) groups is 2. The number of ether oxygens (including phenoxy) is 4. The summed E-state index contributed by atoms with van der Waals surface area (Å²) in [5.74, 6) is -0.170. The van der Waals surface area contributed by atoms with Crippen LogP contribution >= 0.6 is 0 Å². The van der Waals surface area contributed by atoms with Crippen molar-refractivity contribution in [1.29, 1.82) is 0 Å². The summed E-state index contributed by atoms with van der Waals surface area (Å²) >= 11 is 0. The summed E-state index contributed by atoms with van der Waals surface area (Å²) in [5, 5.41) is 0. The van der Waals surface area contributed by atoms with Crippen molar-refractivity contribution < 1.29 is 28.5 Å². The first-order valence-electron chi connectivity index (χ1n) is 5.33. The third-order valence-corrected chi connectivity index (χ3v) is 2.62. The molecule has 0 aromatic rings. The highest BCUT2D eigenvalue weighted by molar-refractivity contribution is 5.75. The standard InChI is InChI=1S/C10H14O6/c11-9-8(13-3-4-14-9)2-1-7-5-15-10(12)16-6-7/h7-8H,1-6H2. The van der Waals surface area contributed by atoms with Crippen molar-refractivity contribution >= 4 is 12.1 Å². The molecule has 0 aromatic heterocycles. The largest absolute Gasteiger partial charge is 0.508 e. The van der Waals surface area contributed by atoms with E-state index < -0.39 is 12.3 Å². The van der Waals surface area contributed by atoms with Crippen LogP contribution in [0, 0.1) is 5.92 Å². The quantitative estimate of drug-likeness (QED) is 0.657. The van der Waals surface area contributed by atoms with E-state index in [1.807, 2.05) is 0 Å². The Bertz CT molecular complexity index is 266. The van der Waals surface area contributed by atoms with Gasteiger partial charge in [-0.05, 0) is 12.8 Å². The van der Waals surface area contributed by atoms with Crippen molar-refractivity contribution in [3.05, 3.63) is 0 Å². The fourth-order valence-electron chi connectivity index (χ4n) is 1.71. The monoisotopic (exact) mass is 230 g/mol. The lowest BCUT2D eigenvalue weighted by Crippen LogP contribution is -2.35. The number of esters is 1. The Labute approximate surface area is 92.8 Å². The molecule has 0 bridgehead atoms. The summed E-state index contributed by atoms with van der Waals surface area (Å²) in [6.07, 6.45) is 0.188. The van der Waals surface area contributed by atoms with E-state index in [-0.39, 0.29) is 11.9 Å². The fraction of sp³-hybridized carbons (Fsp3) is 0.800. The Balaban J connectivity index is 1.70. The molecule has 2 rings (SSSR count). The topological polar surface area (TPSA) is 71.1 Å². The first-order chi connectivity index (χ1) is 7.75. The zero-order chi connectivity index (χ0) is 11.4. The van der Waals surface area contributed by atoms with Crippen LogP contribution in [-0.2, 0) is 23.7 Å². The second-order valence-electron chi connectivity index (χ2n) is 3.84. The first-order valence-corrected chi connectivity index (χ1v) is 5.33. The molecule has 0 radical (unpaired) electrons. The molecule has 0 amide bonds. The molecule has 90 valence electrons. The number of hydrogen-bond acceptors (Lipinski definition) is 6. The van der Waals surface area contributed by atoms with Crippen LogP contribution in [0.5, 0.6) is 0 Å². The highest BCUT2D eigenvalue weighted by Crippen LogP contribution is 2.17. The summed E-state index contributed by atoms with van der Waals surface area (Å²) in [7, 11) is 0. The van der Waals surface area contributed by atoms with Crippen LogP contribution in [0.4, 0.5) is 4.79 Å². The van der Waals surface area contributed by atoms with E-state index in [0.29, 0.717) is 39.3 Å². The van der Waals surface area contributed by atoms with Gasteiger partial charge in [0.25, 0.3) is 0 Å². The van der Waals surface area contributed by atoms with Gasteiger partial charge in [-0.1, -0.05) is 0 Å². The van der Waals surface area contributed by atoms with Gasteiger partial charge in [-0.2, -0.15) is 0 Å². The lowest BCUT2D eigenvalue weighted by atomic mass is 10.0. The second kappa shape index (κ2) is 5.16. The maximum absolute atomic E-state index is 11.3. The molecule has 6 nitrogen and oxygen atoms in total. The minimum Gasteiger partial charge on any atom is -0.461 e. The van der Waals surface area contributed by atoms with Crippen molar-refractivity contribution in [2.75, 3.05) is 26.4 Å². The summed E-state index contributed by atoms with van der Waals surface area (Å²) in [6, 6.07) is 0. The van der Waals surface area contributed by atoms with Crippen LogP contribution in [-0.4, -0.2) is 44.7 Å². The van der Waals surface area contributed by atoms with E-state index in [9.17, 15) is 9.59 Å². The van der Waals surface area contributed by atoms with E-state index in [4.69, 9.17) is 18.9 Å². The van der Waals surface area contributed by atoms with Crippen molar-refractivity contribution in [3.8, 4) is 0 Å². The van der Waals surface area contributed by atoms with Crippen LogP contribution in [0.25, 0.3) is 0 Å². The van der Waals surface area contributed by atoms with E-state index in [1.54, 1.807) is 0 Å². The maximum Gasteiger partial charge on any atom is 0.508 e. The third-order valence-electron chi connectivity index (χ3n) is 2.62. The molecule has 2 fully saturated rings. The summed E-state index contributed by atoms with van der Waals surface area (Å²) < 4.78 is 19.6. The molecule has 0 saturated carbocycles. The SMILES string of the molecule is O=C1OCC(CCC2OCCOC2=O)CO1. The first kappa shape index (κ1) is 11.2. The molecule has 0 spiro atoms. The average molecular weight is 230 g/mol. The van der Waals surface area contributed by atoms with Gasteiger partial charge >= 0.3 is 12.1 Å². The third kappa shape index (κ3) is 2.85. The molecule has 2 saturated heterocycles. The summed E-state index contributed by atoms with van der Waals surface area (Å²) in [5.41, 5.74) is 0. The molecule has 2 aliphatic heterocycles. The van der Waals surface area contributed by atoms with Gasteiger partial charge in [-0.3, -0.25) is 0 Å². The Morgan fingerprint density at radius 2 is 1.75 bits per heavy atom. The number of hydrogen-bond donors (Lipinski definition) is 0. The summed E-state index contributed by atoms with van der Waals surface area (Å²) in [6.45, 7) is 1.48. The van der Waals surface area contributed by atoms with Gasteiger partial charge in [0.1, 0.15) is 19.8 Å². The zero-order valence-electron chi connectivity index (χ0n) is 8.85. The summed E-state index contributed by atoms with van der Waals surface area (Å²) in [4.78, 5) is 21.9. The molecule has 2 aliphatic rings. The van der Waals surface area contributed by atoms with Crippen LogP contribution < -0.4 is 0 Å². The fourth-order valence-corrected chi connectivity index (χ4v) is 1.71. The number of rotatable bonds is 3. The Morgan fingerprint density at radius 1 is 1.00 bits per heavy atom. The molecule has 1 atom stereocenters. The predicted molar refractivity (Wildman–Crippen MR) is 50.7 cm³/mol. The predicted octanol–water partition coefficient (Wildman–Crippen LogP) is 0.492. The van der Waals surface area contributed by atoms with E-state index in [0.717, 1.165) is 0 Å². The molecular formula is C10H14O6. The number of cyclic esters (lactones) is 3. The van der Waals surface area contributed by atoms with Crippen molar-refractivity contribution in [1.82, 2.24) is 0 Å². The van der Waals surface area contributed by atoms with Gasteiger partial charge in [0, 0.05) is 5.92 Å². The zero-order valence-corrected chi connectivity index (χ0v) is 8.85. The molecule has 0 N–H and O–H groups in total. The van der Waals surface area contributed by atoms with Gasteiger partial charge in [0.2, 0.25) is 0 Å². The highest BCUT2D eigenvalue weighted by Gasteiger charge is 2.27. The molecule has 6 heteroatoms. The van der Waals surface area contributed by atoms with Crippen LogP contribution in [0.2, 0.25) is 0 Å². The van der Waals surface area contributed by atoms with Crippen LogP contribution in [0.1, 0.15) is 12.8 Å². The lowest BCUT2D eigenvalue weighted by Gasteiger charge is -2.25. The smallest absolute Gasteiger partial charge is 0.461 e. The van der Waals surface area contributed by atoms with Crippen LogP contribution in [0.15, 0.2) is 0 Å². The van der Waals surface area contributed by atoms with Gasteiger partial charge < -0.3 is 18.9 Å². The minimum atomic E-state index is -0.621. The molecule has 2 heterocycles. The van der Waals surface area contributed by atoms with E-state index in [2.05, 4.69) is 0 Å². The highest BCUT2D eigenvalue weighted by atomic mass is 16.7. The Morgan fingerprint density at radius 3 is 2.44 bits per heavy atom. The van der Waals surface area contributed by atoms with E-state index in [1.165, 1.54) is 0 Å². The normalized spacial score (nSPS) is 26.9. The minimum absolute atomic E-state index is 0.135. The maximum atomic E-state index is 11.3. The van der Waals surface area contributed by atoms with Crippen molar-refractivity contribution in [3.63, 3.8) is 0 Å². The average Bonchev–Trinajstić information content (AvgIpc) is 2.30. The van der Waals surface area contributed by atoms with Gasteiger partial charge in [-0.15, -0.1) is 0 Å². The molecule has 0 aliphatic carbocycles. The molecule has 16 heavy (non-hydrogen) atoms. The van der Waals surface area contributed by atoms with Gasteiger partial charge in [-0.25, -0.2) is 9.59 Å².